The minimum absolute atomic E-state index is 0.00195. The van der Waals surface area contributed by atoms with Crippen molar-refractivity contribution in [3.63, 3.8) is 0 Å². The van der Waals surface area contributed by atoms with E-state index in [-0.39, 0.29) is 17.7 Å². The zero-order valence-electron chi connectivity index (χ0n) is 16.7. The molecular weight excluding hydrogens is 366 g/mol. The second-order valence-corrected chi connectivity index (χ2v) is 8.14. The molecule has 29 heavy (non-hydrogen) atoms. The summed E-state index contributed by atoms with van der Waals surface area (Å²) in [6.45, 7) is 4.98. The quantitative estimate of drug-likeness (QED) is 0.862. The molecule has 0 aliphatic carbocycles. The van der Waals surface area contributed by atoms with Gasteiger partial charge in [0.1, 0.15) is 0 Å². The molecule has 1 N–H and O–H groups in total. The summed E-state index contributed by atoms with van der Waals surface area (Å²) < 4.78 is 11.0. The van der Waals surface area contributed by atoms with Gasteiger partial charge in [0.15, 0.2) is 11.5 Å². The lowest BCUT2D eigenvalue weighted by Gasteiger charge is -2.39. The van der Waals surface area contributed by atoms with E-state index in [1.54, 1.807) is 7.05 Å². The third kappa shape index (κ3) is 3.47. The molecular formula is C23H27N3O3. The van der Waals surface area contributed by atoms with Gasteiger partial charge in [0.25, 0.3) is 0 Å². The van der Waals surface area contributed by atoms with Crippen molar-refractivity contribution in [3.8, 4) is 11.5 Å². The van der Waals surface area contributed by atoms with Crippen LogP contribution < -0.4 is 14.8 Å². The summed E-state index contributed by atoms with van der Waals surface area (Å²) in [4.78, 5) is 17.7. The number of carbonyl (C=O) groups excluding carboxylic acids is 1. The maximum atomic E-state index is 12.6. The van der Waals surface area contributed by atoms with Gasteiger partial charge in [-0.05, 0) is 23.3 Å². The van der Waals surface area contributed by atoms with Crippen LogP contribution in [0.2, 0.25) is 0 Å². The summed E-state index contributed by atoms with van der Waals surface area (Å²) in [6, 6.07) is 17.1. The molecule has 152 valence electrons. The van der Waals surface area contributed by atoms with Crippen molar-refractivity contribution in [2.24, 2.45) is 5.92 Å². The van der Waals surface area contributed by atoms with E-state index in [9.17, 15) is 4.79 Å². The highest BCUT2D eigenvalue weighted by Crippen LogP contribution is 2.40. The molecule has 3 heterocycles. The lowest BCUT2D eigenvalue weighted by Crippen LogP contribution is -2.51. The van der Waals surface area contributed by atoms with E-state index < -0.39 is 0 Å². The van der Waals surface area contributed by atoms with Crippen LogP contribution in [0.15, 0.2) is 48.5 Å². The standard InChI is InChI=1S/C23H27N3O3/c1-24-23(27)18-13-26-10-9-25(12-16-7-8-20-21(11-16)29-15-28-20)14-19(26)22(18)17-5-3-2-4-6-17/h2-8,11,18-19,22H,9-10,12-15H2,1H3,(H,24,27)/t18-,19-,22+/m1/s1. The molecule has 2 saturated heterocycles. The first-order chi connectivity index (χ1) is 14.2. The molecule has 0 bridgehead atoms. The molecule has 5 rings (SSSR count). The van der Waals surface area contributed by atoms with Crippen LogP contribution in [-0.2, 0) is 11.3 Å². The monoisotopic (exact) mass is 393 g/mol. The summed E-state index contributed by atoms with van der Waals surface area (Å²) in [5.74, 6) is 2.03. The second kappa shape index (κ2) is 7.69. The van der Waals surface area contributed by atoms with Crippen molar-refractivity contribution in [3.05, 3.63) is 59.7 Å². The normalized spacial score (nSPS) is 26.3. The van der Waals surface area contributed by atoms with Crippen LogP contribution in [0, 0.1) is 5.92 Å². The van der Waals surface area contributed by atoms with Crippen LogP contribution in [0.25, 0.3) is 0 Å². The molecule has 3 aliphatic heterocycles. The molecule has 0 spiro atoms. The molecule has 3 aliphatic rings. The Bertz CT molecular complexity index is 888. The number of fused-ring (bicyclic) bond motifs is 2. The number of nitrogens with one attached hydrogen (secondary N) is 1. The van der Waals surface area contributed by atoms with Gasteiger partial charge >= 0.3 is 0 Å². The Hall–Kier alpha value is -2.57. The first-order valence-corrected chi connectivity index (χ1v) is 10.3. The number of rotatable bonds is 4. The van der Waals surface area contributed by atoms with Gasteiger partial charge in [0, 0.05) is 51.7 Å². The Kier molecular flexibility index (Phi) is 4.89. The fourth-order valence-corrected chi connectivity index (χ4v) is 5.11. The van der Waals surface area contributed by atoms with Gasteiger partial charge in [-0.2, -0.15) is 0 Å². The van der Waals surface area contributed by atoms with Crippen molar-refractivity contribution in [1.82, 2.24) is 15.1 Å². The van der Waals surface area contributed by atoms with E-state index in [2.05, 4.69) is 51.5 Å². The molecule has 6 heteroatoms. The molecule has 3 atom stereocenters. The summed E-state index contributed by atoms with van der Waals surface area (Å²) in [5, 5.41) is 2.89. The molecule has 0 unspecified atom stereocenters. The first kappa shape index (κ1) is 18.5. The number of amides is 1. The maximum absolute atomic E-state index is 12.6. The lowest BCUT2D eigenvalue weighted by atomic mass is 9.83. The highest BCUT2D eigenvalue weighted by molar-refractivity contribution is 5.80. The van der Waals surface area contributed by atoms with Crippen molar-refractivity contribution in [2.45, 2.75) is 18.5 Å². The molecule has 1 amide bonds. The molecule has 2 aromatic rings. The van der Waals surface area contributed by atoms with Gasteiger partial charge in [0.2, 0.25) is 12.7 Å². The molecule has 2 fully saturated rings. The highest BCUT2D eigenvalue weighted by atomic mass is 16.7. The van der Waals surface area contributed by atoms with Crippen LogP contribution in [0.4, 0.5) is 0 Å². The summed E-state index contributed by atoms with van der Waals surface area (Å²) in [7, 11) is 1.74. The minimum atomic E-state index is -0.00195. The van der Waals surface area contributed by atoms with Gasteiger partial charge in [0.05, 0.1) is 5.92 Å². The number of benzene rings is 2. The van der Waals surface area contributed by atoms with Crippen molar-refractivity contribution < 1.29 is 14.3 Å². The van der Waals surface area contributed by atoms with Crippen LogP contribution in [0.1, 0.15) is 17.0 Å². The molecule has 6 nitrogen and oxygen atoms in total. The number of hydrogen-bond donors (Lipinski definition) is 1. The Morgan fingerprint density at radius 2 is 1.90 bits per heavy atom. The van der Waals surface area contributed by atoms with Crippen LogP contribution in [-0.4, -0.2) is 61.8 Å². The smallest absolute Gasteiger partial charge is 0.231 e. The average Bonchev–Trinajstić information content (AvgIpc) is 3.37. The summed E-state index contributed by atoms with van der Waals surface area (Å²) >= 11 is 0. The Morgan fingerprint density at radius 3 is 2.72 bits per heavy atom. The van der Waals surface area contributed by atoms with Crippen LogP contribution >= 0.6 is 0 Å². The predicted octanol–water partition coefficient (Wildman–Crippen LogP) is 2.06. The minimum Gasteiger partial charge on any atom is -0.454 e. The second-order valence-electron chi connectivity index (χ2n) is 8.14. The van der Waals surface area contributed by atoms with E-state index in [4.69, 9.17) is 9.47 Å². The predicted molar refractivity (Wildman–Crippen MR) is 110 cm³/mol. The van der Waals surface area contributed by atoms with Crippen molar-refractivity contribution in [2.75, 3.05) is 40.0 Å². The van der Waals surface area contributed by atoms with E-state index in [0.717, 1.165) is 44.2 Å². The van der Waals surface area contributed by atoms with Crippen LogP contribution in [0.3, 0.4) is 0 Å². The van der Waals surface area contributed by atoms with Crippen molar-refractivity contribution in [1.29, 1.82) is 0 Å². The molecule has 0 aromatic heterocycles. The molecule has 0 saturated carbocycles. The SMILES string of the molecule is CNC(=O)[C@@H]1CN2CCN(Cc3ccc4c(c3)OCO4)C[C@@H]2[C@H]1c1ccccc1. The number of piperazine rings is 1. The Balaban J connectivity index is 1.36. The highest BCUT2D eigenvalue weighted by Gasteiger charge is 2.47. The fraction of sp³-hybridized carbons (Fsp3) is 0.435. The maximum Gasteiger partial charge on any atom is 0.231 e. The van der Waals surface area contributed by atoms with E-state index in [1.165, 1.54) is 11.1 Å². The van der Waals surface area contributed by atoms with Gasteiger partial charge in [-0.3, -0.25) is 14.6 Å². The zero-order valence-corrected chi connectivity index (χ0v) is 16.7. The average molecular weight is 393 g/mol. The van der Waals surface area contributed by atoms with Crippen LogP contribution in [0.5, 0.6) is 11.5 Å². The third-order valence-corrected chi connectivity index (χ3v) is 6.51. The van der Waals surface area contributed by atoms with Crippen molar-refractivity contribution >= 4 is 5.91 Å². The molecule has 0 radical (unpaired) electrons. The Labute approximate surface area is 171 Å². The van der Waals surface area contributed by atoms with Gasteiger partial charge in [-0.25, -0.2) is 0 Å². The Morgan fingerprint density at radius 1 is 1.07 bits per heavy atom. The van der Waals surface area contributed by atoms with E-state index in [1.807, 2.05) is 12.1 Å². The van der Waals surface area contributed by atoms with Gasteiger partial charge < -0.3 is 14.8 Å². The lowest BCUT2D eigenvalue weighted by molar-refractivity contribution is -0.124. The third-order valence-electron chi connectivity index (χ3n) is 6.51. The fourth-order valence-electron chi connectivity index (χ4n) is 5.11. The summed E-state index contributed by atoms with van der Waals surface area (Å²) in [5.41, 5.74) is 2.50. The molecule has 2 aromatic carbocycles. The number of carbonyl (C=O) groups is 1. The topological polar surface area (TPSA) is 54.0 Å². The summed E-state index contributed by atoms with van der Waals surface area (Å²) in [6.07, 6.45) is 0. The number of nitrogens with zero attached hydrogens (tertiary/aromatic N) is 2. The first-order valence-electron chi connectivity index (χ1n) is 10.3. The van der Waals surface area contributed by atoms with Gasteiger partial charge in [-0.1, -0.05) is 36.4 Å². The zero-order chi connectivity index (χ0) is 19.8. The van der Waals surface area contributed by atoms with E-state index >= 15 is 0 Å². The van der Waals surface area contributed by atoms with Gasteiger partial charge in [-0.15, -0.1) is 0 Å². The largest absolute Gasteiger partial charge is 0.454 e. The number of ether oxygens (including phenoxy) is 2. The number of hydrogen-bond acceptors (Lipinski definition) is 5. The van der Waals surface area contributed by atoms with E-state index in [0.29, 0.717) is 12.8 Å².